The molecule has 2 rings (SSSR count). The SMILES string of the molecule is CC1(OCC(=O)NCC2COC(C)(C)O2)CNC1. The molecule has 6 heteroatoms. The molecular weight excluding hydrogens is 236 g/mol. The van der Waals surface area contributed by atoms with Gasteiger partial charge < -0.3 is 24.8 Å². The summed E-state index contributed by atoms with van der Waals surface area (Å²) in [4.78, 5) is 11.6. The summed E-state index contributed by atoms with van der Waals surface area (Å²) in [7, 11) is 0. The summed E-state index contributed by atoms with van der Waals surface area (Å²) in [5.41, 5.74) is -0.188. The molecule has 2 fully saturated rings. The molecule has 0 saturated carbocycles. The van der Waals surface area contributed by atoms with E-state index in [4.69, 9.17) is 14.2 Å². The summed E-state index contributed by atoms with van der Waals surface area (Å²) in [5, 5.41) is 5.91. The Morgan fingerprint density at radius 3 is 2.67 bits per heavy atom. The summed E-state index contributed by atoms with van der Waals surface area (Å²) < 4.78 is 16.5. The molecule has 104 valence electrons. The molecule has 1 unspecified atom stereocenters. The Hall–Kier alpha value is -0.690. The maximum Gasteiger partial charge on any atom is 0.246 e. The van der Waals surface area contributed by atoms with Crippen LogP contribution < -0.4 is 10.6 Å². The number of ether oxygens (including phenoxy) is 3. The molecule has 1 atom stereocenters. The average Bonchev–Trinajstić information content (AvgIpc) is 2.61. The molecular formula is C12H22N2O4. The van der Waals surface area contributed by atoms with E-state index in [1.165, 1.54) is 0 Å². The monoisotopic (exact) mass is 258 g/mol. The van der Waals surface area contributed by atoms with Crippen LogP contribution in [0.2, 0.25) is 0 Å². The molecule has 18 heavy (non-hydrogen) atoms. The normalized spacial score (nSPS) is 28.7. The largest absolute Gasteiger partial charge is 0.363 e. The molecule has 1 amide bonds. The van der Waals surface area contributed by atoms with E-state index in [1.807, 2.05) is 20.8 Å². The van der Waals surface area contributed by atoms with Gasteiger partial charge in [-0.1, -0.05) is 0 Å². The summed E-state index contributed by atoms with van der Waals surface area (Å²) in [5.74, 6) is -0.659. The van der Waals surface area contributed by atoms with Crippen molar-refractivity contribution in [2.75, 3.05) is 32.8 Å². The zero-order chi connectivity index (χ0) is 13.2. The first-order valence-electron chi connectivity index (χ1n) is 6.32. The van der Waals surface area contributed by atoms with E-state index >= 15 is 0 Å². The molecule has 0 aromatic rings. The second-order valence-electron chi connectivity index (χ2n) is 5.60. The number of hydrogen-bond donors (Lipinski definition) is 2. The first kappa shape index (κ1) is 13.7. The van der Waals surface area contributed by atoms with E-state index in [0.717, 1.165) is 13.1 Å². The van der Waals surface area contributed by atoms with Crippen molar-refractivity contribution >= 4 is 5.91 Å². The highest BCUT2D eigenvalue weighted by Gasteiger charge is 2.34. The summed E-state index contributed by atoms with van der Waals surface area (Å²) >= 11 is 0. The van der Waals surface area contributed by atoms with Crippen LogP contribution in [-0.4, -0.2) is 56.2 Å². The highest BCUT2D eigenvalue weighted by atomic mass is 16.7. The van der Waals surface area contributed by atoms with Crippen LogP contribution >= 0.6 is 0 Å². The van der Waals surface area contributed by atoms with Crippen molar-refractivity contribution in [2.45, 2.75) is 38.3 Å². The van der Waals surface area contributed by atoms with Crippen molar-refractivity contribution in [3.05, 3.63) is 0 Å². The Morgan fingerprint density at radius 1 is 1.44 bits per heavy atom. The minimum Gasteiger partial charge on any atom is -0.363 e. The summed E-state index contributed by atoms with van der Waals surface area (Å²) in [6.07, 6.45) is -0.0788. The lowest BCUT2D eigenvalue weighted by molar-refractivity contribution is -0.142. The molecule has 0 aromatic carbocycles. The van der Waals surface area contributed by atoms with Crippen LogP contribution in [0.25, 0.3) is 0 Å². The van der Waals surface area contributed by atoms with E-state index in [0.29, 0.717) is 13.2 Å². The third-order valence-electron chi connectivity index (χ3n) is 3.14. The van der Waals surface area contributed by atoms with Gasteiger partial charge in [0.1, 0.15) is 12.7 Å². The van der Waals surface area contributed by atoms with E-state index in [1.54, 1.807) is 0 Å². The van der Waals surface area contributed by atoms with Crippen LogP contribution in [0, 0.1) is 0 Å². The van der Waals surface area contributed by atoms with Gasteiger partial charge in [0, 0.05) is 19.6 Å². The van der Waals surface area contributed by atoms with Gasteiger partial charge in [0.05, 0.1) is 12.2 Å². The third-order valence-corrected chi connectivity index (χ3v) is 3.14. The van der Waals surface area contributed by atoms with Crippen LogP contribution in [0.3, 0.4) is 0 Å². The molecule has 2 saturated heterocycles. The van der Waals surface area contributed by atoms with Crippen molar-refractivity contribution in [1.82, 2.24) is 10.6 Å². The van der Waals surface area contributed by atoms with Crippen LogP contribution in [0.4, 0.5) is 0 Å². The van der Waals surface area contributed by atoms with Gasteiger partial charge in [-0.05, 0) is 20.8 Å². The second-order valence-corrected chi connectivity index (χ2v) is 5.60. The molecule has 2 aliphatic heterocycles. The van der Waals surface area contributed by atoms with Crippen molar-refractivity contribution in [1.29, 1.82) is 0 Å². The first-order valence-corrected chi connectivity index (χ1v) is 6.32. The minimum absolute atomic E-state index is 0.0788. The van der Waals surface area contributed by atoms with Crippen LogP contribution in [0.15, 0.2) is 0 Å². The first-order chi connectivity index (χ1) is 8.39. The van der Waals surface area contributed by atoms with Gasteiger partial charge >= 0.3 is 0 Å². The summed E-state index contributed by atoms with van der Waals surface area (Å²) in [6.45, 7) is 8.38. The Morgan fingerprint density at radius 2 is 2.17 bits per heavy atom. The quantitative estimate of drug-likeness (QED) is 0.704. The molecule has 0 spiro atoms. The molecule has 0 bridgehead atoms. The Balaban J connectivity index is 1.60. The molecule has 6 nitrogen and oxygen atoms in total. The highest BCUT2D eigenvalue weighted by molar-refractivity contribution is 5.77. The topological polar surface area (TPSA) is 68.8 Å². The van der Waals surface area contributed by atoms with Gasteiger partial charge in [-0.15, -0.1) is 0 Å². The highest BCUT2D eigenvalue weighted by Crippen LogP contribution is 2.21. The summed E-state index contributed by atoms with van der Waals surface area (Å²) in [6, 6.07) is 0. The number of amides is 1. The smallest absolute Gasteiger partial charge is 0.246 e. The van der Waals surface area contributed by atoms with Gasteiger partial charge in [0.2, 0.25) is 5.91 Å². The molecule has 0 radical (unpaired) electrons. The molecule has 0 aliphatic carbocycles. The maximum absolute atomic E-state index is 11.6. The lowest BCUT2D eigenvalue weighted by Gasteiger charge is -2.38. The van der Waals surface area contributed by atoms with E-state index < -0.39 is 5.79 Å². The van der Waals surface area contributed by atoms with Gasteiger partial charge in [0.15, 0.2) is 5.79 Å². The van der Waals surface area contributed by atoms with Crippen molar-refractivity contribution in [3.63, 3.8) is 0 Å². The molecule has 2 heterocycles. The van der Waals surface area contributed by atoms with Crippen molar-refractivity contribution < 1.29 is 19.0 Å². The Kier molecular flexibility index (Phi) is 3.91. The average molecular weight is 258 g/mol. The zero-order valence-electron chi connectivity index (χ0n) is 11.2. The number of hydrogen-bond acceptors (Lipinski definition) is 5. The fourth-order valence-electron chi connectivity index (χ4n) is 1.96. The van der Waals surface area contributed by atoms with Gasteiger partial charge in [-0.3, -0.25) is 4.79 Å². The van der Waals surface area contributed by atoms with Crippen LogP contribution in [0.1, 0.15) is 20.8 Å². The molecule has 0 aromatic heterocycles. The fraction of sp³-hybridized carbons (Fsp3) is 0.917. The van der Waals surface area contributed by atoms with Gasteiger partial charge in [0.25, 0.3) is 0 Å². The predicted molar refractivity (Wildman–Crippen MR) is 65.1 cm³/mol. The van der Waals surface area contributed by atoms with E-state index in [9.17, 15) is 4.79 Å². The standard InChI is InChI=1S/C12H22N2O4/c1-11(2)16-5-9(18-11)4-14-10(15)6-17-12(3)7-13-8-12/h9,13H,4-8H2,1-3H3,(H,14,15). The lowest BCUT2D eigenvalue weighted by atomic mass is 10.0. The predicted octanol–water partition coefficient (Wildman–Crippen LogP) is -0.367. The van der Waals surface area contributed by atoms with Crippen LogP contribution in [0.5, 0.6) is 0 Å². The zero-order valence-corrected chi connectivity index (χ0v) is 11.2. The molecule has 2 N–H and O–H groups in total. The lowest BCUT2D eigenvalue weighted by Crippen LogP contribution is -2.59. The Bertz CT molecular complexity index is 315. The Labute approximate surface area is 107 Å². The number of carbonyl (C=O) groups excluding carboxylic acids is 1. The van der Waals surface area contributed by atoms with E-state index in [2.05, 4.69) is 10.6 Å². The van der Waals surface area contributed by atoms with E-state index in [-0.39, 0.29) is 24.2 Å². The second kappa shape index (κ2) is 5.13. The fourth-order valence-corrected chi connectivity index (χ4v) is 1.96. The number of carbonyl (C=O) groups is 1. The van der Waals surface area contributed by atoms with Gasteiger partial charge in [-0.2, -0.15) is 0 Å². The number of nitrogens with one attached hydrogen (secondary N) is 2. The van der Waals surface area contributed by atoms with Gasteiger partial charge in [-0.25, -0.2) is 0 Å². The van der Waals surface area contributed by atoms with Crippen LogP contribution in [-0.2, 0) is 19.0 Å². The number of rotatable bonds is 5. The molecule has 2 aliphatic rings. The third kappa shape index (κ3) is 3.65. The van der Waals surface area contributed by atoms with Crippen molar-refractivity contribution in [2.24, 2.45) is 0 Å². The minimum atomic E-state index is -0.545. The maximum atomic E-state index is 11.6. The van der Waals surface area contributed by atoms with Crippen molar-refractivity contribution in [3.8, 4) is 0 Å².